The van der Waals surface area contributed by atoms with Gasteiger partial charge in [-0.15, -0.1) is 0 Å². The monoisotopic (exact) mass is 237 g/mol. The predicted octanol–water partition coefficient (Wildman–Crippen LogP) is 1.02. The molecule has 0 aliphatic carbocycles. The van der Waals surface area contributed by atoms with Crippen LogP contribution in [0.5, 0.6) is 0 Å². The summed E-state index contributed by atoms with van der Waals surface area (Å²) in [6.07, 6.45) is 4.75. The number of nitrogen functional groups attached to an aromatic ring is 1. The SMILES string of the molecule is CCC(CC)N(C)C(=O)c1cncc(NN)n1. The summed E-state index contributed by atoms with van der Waals surface area (Å²) in [6.45, 7) is 4.11. The van der Waals surface area contributed by atoms with Gasteiger partial charge in [-0.3, -0.25) is 9.78 Å². The second-order valence-electron chi connectivity index (χ2n) is 3.82. The first-order valence-electron chi connectivity index (χ1n) is 5.69. The van der Waals surface area contributed by atoms with E-state index >= 15 is 0 Å². The van der Waals surface area contributed by atoms with Crippen molar-refractivity contribution in [1.82, 2.24) is 14.9 Å². The van der Waals surface area contributed by atoms with Gasteiger partial charge in [-0.1, -0.05) is 13.8 Å². The van der Waals surface area contributed by atoms with E-state index in [1.54, 1.807) is 11.9 Å². The summed E-state index contributed by atoms with van der Waals surface area (Å²) < 4.78 is 0. The van der Waals surface area contributed by atoms with Crippen LogP contribution in [0.2, 0.25) is 0 Å². The van der Waals surface area contributed by atoms with Crippen LogP contribution in [0.1, 0.15) is 37.2 Å². The molecular weight excluding hydrogens is 218 g/mol. The van der Waals surface area contributed by atoms with Gasteiger partial charge >= 0.3 is 0 Å². The third-order valence-corrected chi connectivity index (χ3v) is 2.81. The first kappa shape index (κ1) is 13.4. The van der Waals surface area contributed by atoms with Crippen LogP contribution in [-0.2, 0) is 0 Å². The molecule has 3 N–H and O–H groups in total. The Kier molecular flexibility index (Phi) is 4.84. The van der Waals surface area contributed by atoms with Crippen LogP contribution in [0, 0.1) is 0 Å². The minimum Gasteiger partial charge on any atom is -0.337 e. The molecule has 94 valence electrons. The molecule has 6 nitrogen and oxygen atoms in total. The lowest BCUT2D eigenvalue weighted by Gasteiger charge is -2.25. The highest BCUT2D eigenvalue weighted by atomic mass is 16.2. The van der Waals surface area contributed by atoms with Gasteiger partial charge in [-0.05, 0) is 12.8 Å². The lowest BCUT2D eigenvalue weighted by atomic mass is 10.1. The average Bonchev–Trinajstić information content (AvgIpc) is 2.39. The summed E-state index contributed by atoms with van der Waals surface area (Å²) in [6, 6.07) is 0.221. The van der Waals surface area contributed by atoms with Crippen LogP contribution >= 0.6 is 0 Å². The maximum absolute atomic E-state index is 12.1. The molecule has 0 unspecified atom stereocenters. The highest BCUT2D eigenvalue weighted by Crippen LogP contribution is 2.10. The molecule has 1 aromatic rings. The summed E-state index contributed by atoms with van der Waals surface area (Å²) in [4.78, 5) is 21.8. The van der Waals surface area contributed by atoms with E-state index in [2.05, 4.69) is 29.2 Å². The van der Waals surface area contributed by atoms with E-state index in [0.29, 0.717) is 11.5 Å². The maximum atomic E-state index is 12.1. The topological polar surface area (TPSA) is 84.1 Å². The molecule has 0 spiro atoms. The number of amides is 1. The Morgan fingerprint density at radius 2 is 2.12 bits per heavy atom. The van der Waals surface area contributed by atoms with E-state index < -0.39 is 0 Å². The molecule has 0 saturated carbocycles. The van der Waals surface area contributed by atoms with Crippen molar-refractivity contribution >= 4 is 11.7 Å². The fraction of sp³-hybridized carbons (Fsp3) is 0.545. The molecule has 0 bridgehead atoms. The number of rotatable bonds is 5. The highest BCUT2D eigenvalue weighted by Gasteiger charge is 2.19. The Balaban J connectivity index is 2.87. The molecule has 0 saturated heterocycles. The van der Waals surface area contributed by atoms with Crippen molar-refractivity contribution in [3.63, 3.8) is 0 Å². The van der Waals surface area contributed by atoms with Gasteiger partial charge in [-0.25, -0.2) is 10.8 Å². The van der Waals surface area contributed by atoms with Crippen molar-refractivity contribution in [2.75, 3.05) is 12.5 Å². The molecule has 0 atom stereocenters. The molecule has 17 heavy (non-hydrogen) atoms. The molecule has 0 aliphatic rings. The van der Waals surface area contributed by atoms with Crippen molar-refractivity contribution in [3.8, 4) is 0 Å². The fourth-order valence-corrected chi connectivity index (χ4v) is 1.72. The number of carbonyl (C=O) groups is 1. The molecule has 0 aliphatic heterocycles. The number of hydrogen-bond donors (Lipinski definition) is 2. The van der Waals surface area contributed by atoms with Crippen molar-refractivity contribution < 1.29 is 4.79 Å². The van der Waals surface area contributed by atoms with Crippen molar-refractivity contribution in [1.29, 1.82) is 0 Å². The van der Waals surface area contributed by atoms with Crippen LogP contribution in [-0.4, -0.2) is 33.9 Å². The van der Waals surface area contributed by atoms with Crippen LogP contribution in [0.3, 0.4) is 0 Å². The van der Waals surface area contributed by atoms with Gasteiger partial charge < -0.3 is 10.3 Å². The number of nitrogens with one attached hydrogen (secondary N) is 1. The van der Waals surface area contributed by atoms with Gasteiger partial charge in [0.1, 0.15) is 5.69 Å². The lowest BCUT2D eigenvalue weighted by Crippen LogP contribution is -2.36. The van der Waals surface area contributed by atoms with E-state index in [0.717, 1.165) is 12.8 Å². The summed E-state index contributed by atoms with van der Waals surface area (Å²) in [5.74, 6) is 5.48. The lowest BCUT2D eigenvalue weighted by molar-refractivity contribution is 0.0717. The second-order valence-corrected chi connectivity index (χ2v) is 3.82. The minimum atomic E-state index is -0.136. The summed E-state index contributed by atoms with van der Waals surface area (Å²) in [5, 5.41) is 0. The van der Waals surface area contributed by atoms with Crippen molar-refractivity contribution in [3.05, 3.63) is 18.1 Å². The van der Waals surface area contributed by atoms with Crippen LogP contribution in [0.4, 0.5) is 5.82 Å². The Labute approximate surface area is 101 Å². The molecule has 1 amide bonds. The van der Waals surface area contributed by atoms with Gasteiger partial charge in [0, 0.05) is 13.1 Å². The van der Waals surface area contributed by atoms with Crippen LogP contribution in [0.25, 0.3) is 0 Å². The number of nitrogens with zero attached hydrogens (tertiary/aromatic N) is 3. The third-order valence-electron chi connectivity index (χ3n) is 2.81. The second kappa shape index (κ2) is 6.15. The number of hydrogen-bond acceptors (Lipinski definition) is 5. The summed E-state index contributed by atoms with van der Waals surface area (Å²) in [5.41, 5.74) is 2.67. The molecule has 1 heterocycles. The Hall–Kier alpha value is -1.69. The predicted molar refractivity (Wildman–Crippen MR) is 66.3 cm³/mol. The molecule has 0 radical (unpaired) electrons. The summed E-state index contributed by atoms with van der Waals surface area (Å²) >= 11 is 0. The zero-order chi connectivity index (χ0) is 12.8. The highest BCUT2D eigenvalue weighted by molar-refractivity contribution is 5.92. The van der Waals surface area contributed by atoms with Crippen molar-refractivity contribution in [2.24, 2.45) is 5.84 Å². The number of nitrogens with two attached hydrogens (primary N) is 1. The number of anilines is 1. The average molecular weight is 237 g/mol. The minimum absolute atomic E-state index is 0.136. The van der Waals surface area contributed by atoms with E-state index in [4.69, 9.17) is 5.84 Å². The van der Waals surface area contributed by atoms with Crippen LogP contribution < -0.4 is 11.3 Å². The quantitative estimate of drug-likeness (QED) is 0.590. The third kappa shape index (κ3) is 3.13. The van der Waals surface area contributed by atoms with E-state index in [-0.39, 0.29) is 11.9 Å². The molecule has 1 rings (SSSR count). The fourth-order valence-electron chi connectivity index (χ4n) is 1.72. The first-order chi connectivity index (χ1) is 8.13. The van der Waals surface area contributed by atoms with Gasteiger partial charge in [-0.2, -0.15) is 0 Å². The van der Waals surface area contributed by atoms with Crippen LogP contribution in [0.15, 0.2) is 12.4 Å². The molecule has 0 fully saturated rings. The Bertz CT molecular complexity index is 378. The zero-order valence-corrected chi connectivity index (χ0v) is 10.5. The van der Waals surface area contributed by atoms with Crippen molar-refractivity contribution in [2.45, 2.75) is 32.7 Å². The number of aromatic nitrogens is 2. The Morgan fingerprint density at radius 3 is 2.65 bits per heavy atom. The molecule has 0 aromatic carbocycles. The smallest absolute Gasteiger partial charge is 0.274 e. The standard InChI is InChI=1S/C11H19N5O/c1-4-8(5-2)16(3)11(17)9-6-13-7-10(14-9)15-12/h6-8H,4-5,12H2,1-3H3,(H,14,15). The number of hydrazine groups is 1. The van der Waals surface area contributed by atoms with Gasteiger partial charge in [0.05, 0.1) is 12.4 Å². The van der Waals surface area contributed by atoms with E-state index in [9.17, 15) is 4.79 Å². The van der Waals surface area contributed by atoms with Gasteiger partial charge in [0.2, 0.25) is 0 Å². The number of carbonyl (C=O) groups excluding carboxylic acids is 1. The Morgan fingerprint density at radius 1 is 1.47 bits per heavy atom. The largest absolute Gasteiger partial charge is 0.337 e. The summed E-state index contributed by atoms with van der Waals surface area (Å²) in [7, 11) is 1.78. The van der Waals surface area contributed by atoms with Gasteiger partial charge in [0.25, 0.3) is 5.91 Å². The van der Waals surface area contributed by atoms with E-state index in [1.807, 2.05) is 0 Å². The molecular formula is C11H19N5O. The normalized spacial score (nSPS) is 10.4. The molecule has 1 aromatic heterocycles. The van der Waals surface area contributed by atoms with Gasteiger partial charge in [0.15, 0.2) is 5.82 Å². The molecule has 6 heteroatoms. The van der Waals surface area contributed by atoms with E-state index in [1.165, 1.54) is 12.4 Å². The zero-order valence-electron chi connectivity index (χ0n) is 10.5. The maximum Gasteiger partial charge on any atom is 0.274 e. The first-order valence-corrected chi connectivity index (χ1v) is 5.69.